The van der Waals surface area contributed by atoms with Crippen molar-refractivity contribution in [3.63, 3.8) is 0 Å². The molecule has 0 aromatic heterocycles. The summed E-state index contributed by atoms with van der Waals surface area (Å²) in [6.07, 6.45) is 4.76. The second kappa shape index (κ2) is 11.8. The zero-order valence-corrected chi connectivity index (χ0v) is 20.4. The predicted octanol–water partition coefficient (Wildman–Crippen LogP) is 3.65. The van der Waals surface area contributed by atoms with Gasteiger partial charge in [-0.3, -0.25) is 4.99 Å². The van der Waals surface area contributed by atoms with Crippen LogP contribution in [0.5, 0.6) is 5.75 Å². The zero-order chi connectivity index (χ0) is 19.8. The van der Waals surface area contributed by atoms with E-state index in [1.807, 2.05) is 12.1 Å². The number of hydrogen-bond donors (Lipinski definition) is 2. The number of halogens is 1. The summed E-state index contributed by atoms with van der Waals surface area (Å²) in [6, 6.07) is 8.64. The third-order valence-corrected chi connectivity index (χ3v) is 5.81. The van der Waals surface area contributed by atoms with E-state index in [1.165, 1.54) is 18.5 Å². The molecular weight excluding hydrogens is 479 g/mol. The molecule has 1 aromatic rings. The van der Waals surface area contributed by atoms with Gasteiger partial charge in [0.05, 0.1) is 12.8 Å². The Morgan fingerprint density at radius 3 is 2.76 bits per heavy atom. The highest BCUT2D eigenvalue weighted by atomic mass is 127. The number of rotatable bonds is 10. The Bertz CT molecular complexity index is 651. The number of nitrogens with zero attached hydrogens (tertiary/aromatic N) is 2. The number of nitrogens with one attached hydrogen (secondary N) is 2. The van der Waals surface area contributed by atoms with Gasteiger partial charge < -0.3 is 25.0 Å². The van der Waals surface area contributed by atoms with Gasteiger partial charge in [-0.25, -0.2) is 0 Å². The number of aliphatic imine (C=N–C) groups is 1. The summed E-state index contributed by atoms with van der Waals surface area (Å²) in [5.74, 6) is 1.88. The summed E-state index contributed by atoms with van der Waals surface area (Å²) < 4.78 is 11.1. The number of anilines is 1. The van der Waals surface area contributed by atoms with Crippen LogP contribution in [-0.2, 0) is 4.74 Å². The molecule has 7 heteroatoms. The van der Waals surface area contributed by atoms with Crippen molar-refractivity contribution in [3.05, 3.63) is 24.3 Å². The van der Waals surface area contributed by atoms with Crippen molar-refractivity contribution in [1.82, 2.24) is 10.6 Å². The van der Waals surface area contributed by atoms with Gasteiger partial charge in [-0.05, 0) is 57.1 Å². The quantitative estimate of drug-likeness (QED) is 0.215. The number of methoxy groups -OCH3 is 1. The van der Waals surface area contributed by atoms with Crippen LogP contribution in [0.4, 0.5) is 5.69 Å². The van der Waals surface area contributed by atoms with Crippen LogP contribution in [0, 0.1) is 5.41 Å². The molecule has 0 radical (unpaired) electrons. The molecule has 2 N–H and O–H groups in total. The molecule has 1 saturated carbocycles. The maximum absolute atomic E-state index is 5.55. The van der Waals surface area contributed by atoms with Gasteiger partial charge in [0, 0.05) is 45.4 Å². The smallest absolute Gasteiger partial charge is 0.191 e. The van der Waals surface area contributed by atoms with Gasteiger partial charge in [-0.15, -0.1) is 24.0 Å². The van der Waals surface area contributed by atoms with E-state index in [1.54, 1.807) is 7.11 Å². The zero-order valence-electron chi connectivity index (χ0n) is 18.1. The van der Waals surface area contributed by atoms with Gasteiger partial charge in [0.25, 0.3) is 0 Å². The molecular formula is C22H37IN4O2. The SMILES string of the molecule is CCNC(=NCC1(CCOCC)CC1)NC1CCN(c2ccccc2OC)C1.I. The van der Waals surface area contributed by atoms with Crippen molar-refractivity contribution in [2.75, 3.05) is 51.4 Å². The lowest BCUT2D eigenvalue weighted by Crippen LogP contribution is -2.45. The maximum Gasteiger partial charge on any atom is 0.191 e. The highest BCUT2D eigenvalue weighted by Gasteiger charge is 2.42. The average molecular weight is 516 g/mol. The first kappa shape index (κ1) is 24.1. The fraction of sp³-hybridized carbons (Fsp3) is 0.682. The van der Waals surface area contributed by atoms with Gasteiger partial charge in [-0.1, -0.05) is 12.1 Å². The summed E-state index contributed by atoms with van der Waals surface area (Å²) in [6.45, 7) is 9.57. The maximum atomic E-state index is 5.55. The third-order valence-electron chi connectivity index (χ3n) is 5.81. The molecule has 1 aliphatic heterocycles. The molecule has 1 aromatic carbocycles. The summed E-state index contributed by atoms with van der Waals surface area (Å²) in [4.78, 5) is 7.31. The van der Waals surface area contributed by atoms with E-state index in [0.717, 1.165) is 63.9 Å². The Morgan fingerprint density at radius 2 is 2.07 bits per heavy atom. The van der Waals surface area contributed by atoms with Gasteiger partial charge in [0.15, 0.2) is 5.96 Å². The molecule has 1 atom stereocenters. The topological polar surface area (TPSA) is 58.1 Å². The van der Waals surface area contributed by atoms with E-state index in [4.69, 9.17) is 14.5 Å². The minimum absolute atomic E-state index is 0. The average Bonchev–Trinajstić information content (AvgIpc) is 3.34. The Balaban J connectivity index is 0.00000300. The van der Waals surface area contributed by atoms with Gasteiger partial charge in [0.2, 0.25) is 0 Å². The molecule has 6 nitrogen and oxygen atoms in total. The van der Waals surface area contributed by atoms with E-state index in [9.17, 15) is 0 Å². The van der Waals surface area contributed by atoms with Crippen LogP contribution in [0.1, 0.15) is 39.5 Å². The van der Waals surface area contributed by atoms with Crippen molar-refractivity contribution in [1.29, 1.82) is 0 Å². The number of para-hydroxylation sites is 2. The molecule has 0 amide bonds. The lowest BCUT2D eigenvalue weighted by Gasteiger charge is -2.22. The molecule has 2 aliphatic rings. The largest absolute Gasteiger partial charge is 0.495 e. The Morgan fingerprint density at radius 1 is 1.28 bits per heavy atom. The van der Waals surface area contributed by atoms with Gasteiger partial charge >= 0.3 is 0 Å². The van der Waals surface area contributed by atoms with Crippen LogP contribution in [-0.4, -0.2) is 58.5 Å². The number of guanidine groups is 1. The minimum atomic E-state index is 0. The van der Waals surface area contributed by atoms with Crippen molar-refractivity contribution in [3.8, 4) is 5.75 Å². The van der Waals surface area contributed by atoms with Crippen molar-refractivity contribution in [2.24, 2.45) is 10.4 Å². The van der Waals surface area contributed by atoms with Crippen molar-refractivity contribution < 1.29 is 9.47 Å². The van der Waals surface area contributed by atoms with Crippen molar-refractivity contribution >= 4 is 35.6 Å². The second-order valence-corrected chi connectivity index (χ2v) is 7.89. The first-order valence-electron chi connectivity index (χ1n) is 10.7. The highest BCUT2D eigenvalue weighted by molar-refractivity contribution is 14.0. The number of hydrogen-bond acceptors (Lipinski definition) is 4. The summed E-state index contributed by atoms with van der Waals surface area (Å²) in [5, 5.41) is 7.07. The molecule has 1 saturated heterocycles. The highest BCUT2D eigenvalue weighted by Crippen LogP contribution is 2.49. The van der Waals surface area contributed by atoms with Crippen LogP contribution in [0.3, 0.4) is 0 Å². The minimum Gasteiger partial charge on any atom is -0.495 e. The van der Waals surface area contributed by atoms with Crippen LogP contribution < -0.4 is 20.3 Å². The fourth-order valence-corrected chi connectivity index (χ4v) is 3.85. The molecule has 164 valence electrons. The summed E-state index contributed by atoms with van der Waals surface area (Å²) in [5.41, 5.74) is 1.54. The van der Waals surface area contributed by atoms with Crippen molar-refractivity contribution in [2.45, 2.75) is 45.6 Å². The molecule has 1 aliphatic carbocycles. The molecule has 3 rings (SSSR count). The fourth-order valence-electron chi connectivity index (χ4n) is 3.85. The molecule has 29 heavy (non-hydrogen) atoms. The lowest BCUT2D eigenvalue weighted by atomic mass is 10.0. The molecule has 1 heterocycles. The third kappa shape index (κ3) is 6.91. The van der Waals surface area contributed by atoms with Crippen LogP contribution in [0.25, 0.3) is 0 Å². The molecule has 1 unspecified atom stereocenters. The standard InChI is InChI=1S/C22H36N4O2.HI/c1-4-23-21(24-17-22(11-12-22)13-15-28-5-2)25-18-10-14-26(16-18)19-8-6-7-9-20(19)27-3;/h6-9,18H,4-5,10-17H2,1-3H3,(H2,23,24,25);1H. The Hall–Kier alpha value is -1.22. The van der Waals surface area contributed by atoms with Crippen LogP contribution >= 0.6 is 24.0 Å². The van der Waals surface area contributed by atoms with Gasteiger partial charge in [0.1, 0.15) is 5.75 Å². The van der Waals surface area contributed by atoms with Crippen LogP contribution in [0.2, 0.25) is 0 Å². The first-order valence-corrected chi connectivity index (χ1v) is 10.7. The lowest BCUT2D eigenvalue weighted by molar-refractivity contribution is 0.129. The number of benzene rings is 1. The van der Waals surface area contributed by atoms with E-state index in [2.05, 4.69) is 41.5 Å². The van der Waals surface area contributed by atoms with Crippen LogP contribution in [0.15, 0.2) is 29.3 Å². The van der Waals surface area contributed by atoms with E-state index in [-0.39, 0.29) is 24.0 Å². The van der Waals surface area contributed by atoms with E-state index < -0.39 is 0 Å². The Labute approximate surface area is 192 Å². The Kier molecular flexibility index (Phi) is 9.82. The van der Waals surface area contributed by atoms with E-state index >= 15 is 0 Å². The summed E-state index contributed by atoms with van der Waals surface area (Å²) in [7, 11) is 1.74. The predicted molar refractivity (Wildman–Crippen MR) is 131 cm³/mol. The monoisotopic (exact) mass is 516 g/mol. The second-order valence-electron chi connectivity index (χ2n) is 7.89. The molecule has 2 fully saturated rings. The number of ether oxygens (including phenoxy) is 2. The van der Waals surface area contributed by atoms with Gasteiger partial charge in [-0.2, -0.15) is 0 Å². The molecule has 0 bridgehead atoms. The molecule has 0 spiro atoms. The van der Waals surface area contributed by atoms with E-state index in [0.29, 0.717) is 11.5 Å². The first-order chi connectivity index (χ1) is 13.7. The summed E-state index contributed by atoms with van der Waals surface area (Å²) >= 11 is 0. The normalized spacial score (nSPS) is 20.2.